The smallest absolute Gasteiger partial charge is 0.381 e. The van der Waals surface area contributed by atoms with Crippen LogP contribution in [0.1, 0.15) is 11.4 Å². The summed E-state index contributed by atoms with van der Waals surface area (Å²) in [7, 11) is 0. The fraction of sp³-hybridized carbons (Fsp3) is 0.167. The molecular weight excluding hydrogens is 185 g/mol. The van der Waals surface area contributed by atoms with Gasteiger partial charge in [0.15, 0.2) is 11.7 Å². The van der Waals surface area contributed by atoms with Gasteiger partial charge in [-0.3, -0.25) is 5.41 Å². The molecule has 0 aliphatic carbocycles. The van der Waals surface area contributed by atoms with Crippen molar-refractivity contribution < 1.29 is 13.2 Å². The number of nitrogens with zero attached hydrogens (tertiary/aromatic N) is 2. The van der Waals surface area contributed by atoms with Gasteiger partial charge in [0.25, 0.3) is 0 Å². The number of nitrogens with two attached hydrogens (primary N) is 1. The second-order valence-corrected chi connectivity index (χ2v) is 2.21. The Hall–Kier alpha value is -1.66. The van der Waals surface area contributed by atoms with Crippen molar-refractivity contribution in [1.29, 1.82) is 5.41 Å². The van der Waals surface area contributed by atoms with E-state index in [2.05, 4.69) is 9.97 Å². The average molecular weight is 190 g/mol. The molecule has 0 amide bonds. The number of nitrogens with one attached hydrogen (secondary N) is 1. The van der Waals surface area contributed by atoms with Crippen LogP contribution in [0.2, 0.25) is 0 Å². The zero-order chi connectivity index (χ0) is 10.1. The molecule has 0 aromatic carbocycles. The fourth-order valence-electron chi connectivity index (χ4n) is 0.614. The van der Waals surface area contributed by atoms with Gasteiger partial charge in [0.1, 0.15) is 0 Å². The van der Waals surface area contributed by atoms with E-state index in [1.807, 2.05) is 0 Å². The van der Waals surface area contributed by atoms with Crippen molar-refractivity contribution in [1.82, 2.24) is 9.97 Å². The lowest BCUT2D eigenvalue weighted by Gasteiger charge is -2.04. The van der Waals surface area contributed by atoms with Crippen LogP contribution in [0.5, 0.6) is 0 Å². The second kappa shape index (κ2) is 3.00. The Kier molecular flexibility index (Phi) is 2.18. The Bertz CT molecular complexity index is 316. The summed E-state index contributed by atoms with van der Waals surface area (Å²) in [5.41, 5.74) is 3.99. The first-order valence-corrected chi connectivity index (χ1v) is 3.15. The van der Waals surface area contributed by atoms with Crippen LogP contribution in [0, 0.1) is 5.41 Å². The van der Waals surface area contributed by atoms with Gasteiger partial charge in [-0.1, -0.05) is 0 Å². The summed E-state index contributed by atoms with van der Waals surface area (Å²) in [5, 5.41) is 6.83. The van der Waals surface area contributed by atoms with Gasteiger partial charge in [0, 0.05) is 12.4 Å². The van der Waals surface area contributed by atoms with Gasteiger partial charge in [-0.25, -0.2) is 9.97 Å². The molecule has 1 rings (SSSR count). The molecule has 0 radical (unpaired) electrons. The lowest BCUT2D eigenvalue weighted by atomic mass is 10.3. The number of rotatable bonds is 1. The Balaban J connectivity index is 3.01. The Morgan fingerprint density at radius 2 is 1.77 bits per heavy atom. The monoisotopic (exact) mass is 190 g/mol. The van der Waals surface area contributed by atoms with Crippen LogP contribution in [0.4, 0.5) is 13.2 Å². The van der Waals surface area contributed by atoms with Crippen molar-refractivity contribution in [2.75, 3.05) is 0 Å². The van der Waals surface area contributed by atoms with Crippen molar-refractivity contribution in [2.45, 2.75) is 6.18 Å². The summed E-state index contributed by atoms with van der Waals surface area (Å²) in [6.07, 6.45) is -3.29. The van der Waals surface area contributed by atoms with Gasteiger partial charge >= 0.3 is 6.18 Å². The number of hydrogen-bond acceptors (Lipinski definition) is 3. The first kappa shape index (κ1) is 9.43. The normalized spacial score (nSPS) is 11.3. The van der Waals surface area contributed by atoms with Crippen molar-refractivity contribution >= 4 is 5.84 Å². The minimum absolute atomic E-state index is 0.215. The van der Waals surface area contributed by atoms with E-state index < -0.39 is 17.6 Å². The number of amidine groups is 1. The first-order valence-electron chi connectivity index (χ1n) is 3.15. The predicted molar refractivity (Wildman–Crippen MR) is 38.1 cm³/mol. The van der Waals surface area contributed by atoms with Crippen LogP contribution < -0.4 is 5.73 Å². The van der Waals surface area contributed by atoms with Crippen LogP contribution in [0.25, 0.3) is 0 Å². The second-order valence-electron chi connectivity index (χ2n) is 2.21. The van der Waals surface area contributed by atoms with Crippen molar-refractivity contribution in [3.8, 4) is 0 Å². The molecule has 1 heterocycles. The lowest BCUT2D eigenvalue weighted by molar-refractivity contribution is -0.138. The average Bonchev–Trinajstić information content (AvgIpc) is 2.03. The predicted octanol–water partition coefficient (Wildman–Crippen LogP) is 0.779. The lowest BCUT2D eigenvalue weighted by Crippen LogP contribution is -2.16. The molecule has 3 N–H and O–H groups in total. The van der Waals surface area contributed by atoms with E-state index in [0.29, 0.717) is 12.4 Å². The van der Waals surface area contributed by atoms with Crippen LogP contribution in [-0.2, 0) is 6.18 Å². The quantitative estimate of drug-likeness (QED) is 0.507. The van der Waals surface area contributed by atoms with E-state index >= 15 is 0 Å². The van der Waals surface area contributed by atoms with Gasteiger partial charge in [-0.2, -0.15) is 13.2 Å². The third kappa shape index (κ3) is 2.14. The number of halogens is 3. The maximum absolute atomic E-state index is 12.0. The minimum atomic E-state index is -4.46. The highest BCUT2D eigenvalue weighted by Gasteiger charge is 2.31. The van der Waals surface area contributed by atoms with Crippen molar-refractivity contribution in [3.05, 3.63) is 23.8 Å². The van der Waals surface area contributed by atoms with E-state index in [-0.39, 0.29) is 5.82 Å². The minimum Gasteiger partial charge on any atom is -0.381 e. The molecule has 0 aliphatic heterocycles. The van der Waals surface area contributed by atoms with Gasteiger partial charge in [0.2, 0.25) is 0 Å². The molecule has 0 spiro atoms. The highest BCUT2D eigenvalue weighted by Crippen LogP contribution is 2.27. The number of hydrogen-bond donors (Lipinski definition) is 2. The first-order chi connectivity index (χ1) is 5.91. The van der Waals surface area contributed by atoms with E-state index in [1.165, 1.54) is 0 Å². The summed E-state index contributed by atoms with van der Waals surface area (Å²) in [5.74, 6) is -0.679. The largest absolute Gasteiger partial charge is 0.419 e. The third-order valence-corrected chi connectivity index (χ3v) is 1.22. The summed E-state index contributed by atoms with van der Waals surface area (Å²) in [4.78, 5) is 6.53. The molecule has 0 aliphatic rings. The summed E-state index contributed by atoms with van der Waals surface area (Å²) < 4.78 is 35.9. The zero-order valence-corrected chi connectivity index (χ0v) is 6.26. The molecule has 0 saturated carbocycles. The Morgan fingerprint density at radius 1 is 1.31 bits per heavy atom. The van der Waals surface area contributed by atoms with Crippen LogP contribution >= 0.6 is 0 Å². The number of aromatic nitrogens is 2. The highest BCUT2D eigenvalue weighted by atomic mass is 19.4. The summed E-state index contributed by atoms with van der Waals surface area (Å²) in [6, 6.07) is 0. The Labute approximate surface area is 71.1 Å². The standard InChI is InChI=1S/C6H5F3N4/c7-6(8,9)3-1-12-5(4(10)11)13-2-3/h1-2H,(H3,10,11). The van der Waals surface area contributed by atoms with Crippen LogP contribution in [-0.4, -0.2) is 15.8 Å². The SMILES string of the molecule is N=C(N)c1ncc(C(F)(F)F)cn1. The van der Waals surface area contributed by atoms with Crippen molar-refractivity contribution in [2.24, 2.45) is 5.73 Å². The van der Waals surface area contributed by atoms with Gasteiger partial charge in [-0.15, -0.1) is 0 Å². The molecule has 0 bridgehead atoms. The van der Waals surface area contributed by atoms with Crippen LogP contribution in [0.3, 0.4) is 0 Å². The van der Waals surface area contributed by atoms with Gasteiger partial charge in [-0.05, 0) is 0 Å². The van der Waals surface area contributed by atoms with Crippen molar-refractivity contribution in [3.63, 3.8) is 0 Å². The molecular formula is C6H5F3N4. The van der Waals surface area contributed by atoms with E-state index in [9.17, 15) is 13.2 Å². The fourth-order valence-corrected chi connectivity index (χ4v) is 0.614. The zero-order valence-electron chi connectivity index (χ0n) is 6.26. The maximum atomic E-state index is 12.0. The van der Waals surface area contributed by atoms with E-state index in [4.69, 9.17) is 11.1 Å². The molecule has 0 unspecified atom stereocenters. The Morgan fingerprint density at radius 3 is 2.08 bits per heavy atom. The maximum Gasteiger partial charge on any atom is 0.419 e. The topological polar surface area (TPSA) is 75.7 Å². The summed E-state index contributed by atoms with van der Waals surface area (Å²) in [6.45, 7) is 0. The molecule has 1 aromatic heterocycles. The van der Waals surface area contributed by atoms with E-state index in [0.717, 1.165) is 0 Å². The number of nitrogen functional groups attached to an aromatic ring is 1. The van der Waals surface area contributed by atoms with Gasteiger partial charge in [0.05, 0.1) is 5.56 Å². The molecule has 0 atom stereocenters. The molecule has 0 fully saturated rings. The molecule has 13 heavy (non-hydrogen) atoms. The molecule has 70 valence electrons. The van der Waals surface area contributed by atoms with Gasteiger partial charge < -0.3 is 5.73 Å². The molecule has 4 nitrogen and oxygen atoms in total. The number of alkyl halides is 3. The third-order valence-electron chi connectivity index (χ3n) is 1.22. The van der Waals surface area contributed by atoms with E-state index in [1.54, 1.807) is 0 Å². The summed E-state index contributed by atoms with van der Waals surface area (Å²) >= 11 is 0. The van der Waals surface area contributed by atoms with Crippen LogP contribution in [0.15, 0.2) is 12.4 Å². The highest BCUT2D eigenvalue weighted by molar-refractivity contribution is 5.90. The molecule has 7 heteroatoms. The molecule has 1 aromatic rings. The molecule has 0 saturated heterocycles.